The largest absolute Gasteiger partial charge is 0.484 e. The van der Waals surface area contributed by atoms with E-state index in [9.17, 15) is 22.0 Å². The molecule has 0 radical (unpaired) electrons. The van der Waals surface area contributed by atoms with Gasteiger partial charge in [-0.1, -0.05) is 33.6 Å². The molecule has 0 aliphatic heterocycles. The van der Waals surface area contributed by atoms with Gasteiger partial charge in [-0.25, -0.2) is 0 Å². The van der Waals surface area contributed by atoms with Gasteiger partial charge in [0.2, 0.25) is 0 Å². The predicted octanol–water partition coefficient (Wildman–Crippen LogP) is 6.18. The summed E-state index contributed by atoms with van der Waals surface area (Å²) >= 11 is 8.86. The second kappa shape index (κ2) is 6.65. The minimum absolute atomic E-state index is 0.123. The van der Waals surface area contributed by atoms with E-state index >= 15 is 0 Å². The summed E-state index contributed by atoms with van der Waals surface area (Å²) in [5.74, 6) is -3.57. The summed E-state index contributed by atoms with van der Waals surface area (Å²) < 4.78 is 69.9. The molecule has 0 atom stereocenters. The van der Waals surface area contributed by atoms with Gasteiger partial charge in [0.15, 0.2) is 6.61 Å². The smallest absolute Gasteiger partial charge is 0.422 e. The Morgan fingerprint density at radius 1 is 0.957 bits per heavy atom. The van der Waals surface area contributed by atoms with Gasteiger partial charge in [-0.2, -0.15) is 22.0 Å². The number of benzene rings is 2. The summed E-state index contributed by atoms with van der Waals surface area (Å²) in [4.78, 5) is 0. The van der Waals surface area contributed by atoms with Gasteiger partial charge in [-0.15, -0.1) is 0 Å². The Labute approximate surface area is 142 Å². The normalized spacial score (nSPS) is 12.3. The Bertz CT molecular complexity index is 665. The van der Waals surface area contributed by atoms with Gasteiger partial charge in [0, 0.05) is 10.0 Å². The van der Waals surface area contributed by atoms with Crippen molar-refractivity contribution in [3.05, 3.63) is 63.1 Å². The molecule has 0 bridgehead atoms. The molecule has 2 aromatic rings. The predicted molar refractivity (Wildman–Crippen MR) is 80.1 cm³/mol. The van der Waals surface area contributed by atoms with Gasteiger partial charge < -0.3 is 4.74 Å². The van der Waals surface area contributed by atoms with Crippen molar-refractivity contribution in [2.45, 2.75) is 12.1 Å². The molecule has 0 N–H and O–H groups in total. The van der Waals surface area contributed by atoms with Crippen LogP contribution < -0.4 is 4.74 Å². The summed E-state index contributed by atoms with van der Waals surface area (Å²) in [6, 6.07) is 8.38. The number of rotatable bonds is 4. The average molecular weight is 416 g/mol. The van der Waals surface area contributed by atoms with Gasteiger partial charge in [0.25, 0.3) is 0 Å². The lowest BCUT2D eigenvalue weighted by atomic mass is 10.0. The van der Waals surface area contributed by atoms with Crippen LogP contribution in [0, 0.1) is 0 Å². The maximum absolute atomic E-state index is 14.6. The van der Waals surface area contributed by atoms with Crippen molar-refractivity contribution in [3.63, 3.8) is 0 Å². The average Bonchev–Trinajstić information content (AvgIpc) is 2.44. The highest BCUT2D eigenvalue weighted by Crippen LogP contribution is 2.43. The van der Waals surface area contributed by atoms with Crippen LogP contribution in [0.5, 0.6) is 5.75 Å². The number of ether oxygens (including phenoxy) is 1. The molecule has 0 aromatic heterocycles. The Morgan fingerprint density at radius 2 is 1.57 bits per heavy atom. The van der Waals surface area contributed by atoms with Crippen LogP contribution in [0.25, 0.3) is 0 Å². The van der Waals surface area contributed by atoms with E-state index in [0.717, 1.165) is 24.3 Å². The number of hydrogen-bond acceptors (Lipinski definition) is 1. The first-order valence-electron chi connectivity index (χ1n) is 6.23. The fourth-order valence-corrected chi connectivity index (χ4v) is 2.89. The molecule has 0 aliphatic rings. The van der Waals surface area contributed by atoms with Gasteiger partial charge in [-0.05, 0) is 36.4 Å². The molecule has 0 saturated heterocycles. The summed E-state index contributed by atoms with van der Waals surface area (Å²) in [7, 11) is 0. The Kier molecular flexibility index (Phi) is 5.20. The highest BCUT2D eigenvalue weighted by molar-refractivity contribution is 9.10. The van der Waals surface area contributed by atoms with Crippen LogP contribution in [-0.2, 0) is 5.92 Å². The van der Waals surface area contributed by atoms with E-state index in [4.69, 9.17) is 11.6 Å². The zero-order valence-electron chi connectivity index (χ0n) is 11.3. The van der Waals surface area contributed by atoms with Gasteiger partial charge in [0.05, 0.1) is 10.6 Å². The molecule has 124 valence electrons. The van der Waals surface area contributed by atoms with Crippen molar-refractivity contribution in [1.82, 2.24) is 0 Å². The molecule has 0 spiro atoms. The molecule has 8 heteroatoms. The maximum Gasteiger partial charge on any atom is 0.422 e. The van der Waals surface area contributed by atoms with Crippen LogP contribution in [0.1, 0.15) is 11.1 Å². The fraction of sp³-hybridized carbons (Fsp3) is 0.200. The third-order valence-electron chi connectivity index (χ3n) is 2.90. The van der Waals surface area contributed by atoms with Crippen LogP contribution in [0.3, 0.4) is 0 Å². The topological polar surface area (TPSA) is 9.23 Å². The van der Waals surface area contributed by atoms with Crippen molar-refractivity contribution < 1.29 is 26.7 Å². The lowest BCUT2D eigenvalue weighted by molar-refractivity contribution is -0.153. The van der Waals surface area contributed by atoms with Crippen LogP contribution in [0.2, 0.25) is 5.02 Å². The van der Waals surface area contributed by atoms with Crippen molar-refractivity contribution in [2.75, 3.05) is 6.61 Å². The van der Waals surface area contributed by atoms with Crippen molar-refractivity contribution in [1.29, 1.82) is 0 Å². The molecular formula is C15H9BrClF5O. The molecule has 0 saturated carbocycles. The minimum atomic E-state index is -4.50. The molecule has 2 rings (SSSR count). The molecule has 0 heterocycles. The van der Waals surface area contributed by atoms with Crippen LogP contribution in [-0.4, -0.2) is 12.8 Å². The third kappa shape index (κ3) is 4.35. The second-order valence-electron chi connectivity index (χ2n) is 4.60. The third-order valence-corrected chi connectivity index (χ3v) is 3.87. The SMILES string of the molecule is FC(F)(F)COc1ccc(C(F)(F)c2c(Cl)cccc2Br)cc1. The first-order chi connectivity index (χ1) is 10.6. The van der Waals surface area contributed by atoms with E-state index in [2.05, 4.69) is 20.7 Å². The number of halogens is 7. The highest BCUT2D eigenvalue weighted by Gasteiger charge is 2.38. The first-order valence-corrected chi connectivity index (χ1v) is 7.41. The number of hydrogen-bond donors (Lipinski definition) is 0. The molecule has 0 aliphatic carbocycles. The summed E-state index contributed by atoms with van der Waals surface area (Å²) in [5, 5.41) is -0.123. The molecular weight excluding hydrogens is 407 g/mol. The zero-order valence-corrected chi connectivity index (χ0v) is 13.6. The molecule has 0 unspecified atom stereocenters. The Morgan fingerprint density at radius 3 is 2.09 bits per heavy atom. The lowest BCUT2D eigenvalue weighted by Crippen LogP contribution is -2.19. The molecule has 0 amide bonds. The standard InChI is InChI=1S/C15H9BrClF5O/c16-11-2-1-3-12(17)13(11)15(21,22)9-4-6-10(7-5-9)23-8-14(18,19)20/h1-7H,8H2. The van der Waals surface area contributed by atoms with Gasteiger partial charge in [0.1, 0.15) is 5.75 Å². The fourth-order valence-electron chi connectivity index (χ4n) is 1.87. The summed E-state index contributed by atoms with van der Waals surface area (Å²) in [6.45, 7) is -1.49. The van der Waals surface area contributed by atoms with Gasteiger partial charge in [-0.3, -0.25) is 0 Å². The van der Waals surface area contributed by atoms with Crippen LogP contribution in [0.15, 0.2) is 46.9 Å². The van der Waals surface area contributed by atoms with E-state index in [1.807, 2.05) is 0 Å². The van der Waals surface area contributed by atoms with Gasteiger partial charge >= 0.3 is 12.1 Å². The molecule has 0 fully saturated rings. The highest BCUT2D eigenvalue weighted by atomic mass is 79.9. The maximum atomic E-state index is 14.6. The summed E-state index contributed by atoms with van der Waals surface area (Å²) in [6.07, 6.45) is -4.50. The quantitative estimate of drug-likeness (QED) is 0.542. The lowest BCUT2D eigenvalue weighted by Gasteiger charge is -2.20. The van der Waals surface area contributed by atoms with E-state index in [0.29, 0.717) is 0 Å². The van der Waals surface area contributed by atoms with Crippen molar-refractivity contribution in [3.8, 4) is 5.75 Å². The van der Waals surface area contributed by atoms with E-state index < -0.39 is 29.8 Å². The van der Waals surface area contributed by atoms with E-state index in [-0.39, 0.29) is 15.2 Å². The minimum Gasteiger partial charge on any atom is -0.484 e. The molecule has 23 heavy (non-hydrogen) atoms. The van der Waals surface area contributed by atoms with E-state index in [1.165, 1.54) is 18.2 Å². The van der Waals surface area contributed by atoms with Crippen LogP contribution >= 0.6 is 27.5 Å². The Balaban J connectivity index is 2.27. The monoisotopic (exact) mass is 414 g/mol. The second-order valence-corrected chi connectivity index (χ2v) is 5.86. The zero-order chi connectivity index (χ0) is 17.3. The molecule has 1 nitrogen and oxygen atoms in total. The first kappa shape index (κ1) is 18.0. The van der Waals surface area contributed by atoms with Crippen LogP contribution in [0.4, 0.5) is 22.0 Å². The van der Waals surface area contributed by atoms with Crippen molar-refractivity contribution >= 4 is 27.5 Å². The van der Waals surface area contributed by atoms with E-state index in [1.54, 1.807) is 0 Å². The summed E-state index contributed by atoms with van der Waals surface area (Å²) in [5.41, 5.74) is -0.823. The Hall–Kier alpha value is -1.34. The number of alkyl halides is 5. The molecule has 2 aromatic carbocycles. The van der Waals surface area contributed by atoms with Crippen molar-refractivity contribution in [2.24, 2.45) is 0 Å².